The molecule has 2 aromatic rings. The third-order valence-electron chi connectivity index (χ3n) is 2.76. The molecule has 8 heteroatoms. The summed E-state index contributed by atoms with van der Waals surface area (Å²) < 4.78 is 31.9. The van der Waals surface area contributed by atoms with Gasteiger partial charge in [0.05, 0.1) is 17.0 Å². The number of nitrogen functional groups attached to an aromatic ring is 1. The average molecular weight is 310 g/mol. The second-order valence-electron chi connectivity index (χ2n) is 4.40. The Morgan fingerprint density at radius 2 is 2.05 bits per heavy atom. The van der Waals surface area contributed by atoms with Gasteiger partial charge in [0.1, 0.15) is 11.5 Å². The number of anilines is 1. The number of hydrogen-bond acceptors (Lipinski definition) is 5. The van der Waals surface area contributed by atoms with Crippen molar-refractivity contribution in [1.29, 1.82) is 0 Å². The molecule has 1 heterocycles. The first-order valence-corrected chi connectivity index (χ1v) is 7.46. The van der Waals surface area contributed by atoms with Crippen molar-refractivity contribution in [2.75, 3.05) is 5.73 Å². The number of carbonyl (C=O) groups is 1. The SMILES string of the molecule is Cc1ccc(CNS(=O)(=O)c2ccc(N)cc2C(=O)O)o1. The van der Waals surface area contributed by atoms with Crippen LogP contribution in [-0.4, -0.2) is 19.5 Å². The third kappa shape index (κ3) is 3.41. The zero-order valence-corrected chi connectivity index (χ0v) is 12.0. The molecule has 0 saturated heterocycles. The van der Waals surface area contributed by atoms with Gasteiger partial charge in [0.15, 0.2) is 0 Å². The number of sulfonamides is 1. The molecule has 0 spiro atoms. The molecule has 1 aromatic heterocycles. The van der Waals surface area contributed by atoms with Gasteiger partial charge in [-0.2, -0.15) is 0 Å². The van der Waals surface area contributed by atoms with E-state index < -0.39 is 16.0 Å². The zero-order chi connectivity index (χ0) is 15.6. The number of nitrogens with one attached hydrogen (secondary N) is 1. The number of hydrogen-bond donors (Lipinski definition) is 3. The second-order valence-corrected chi connectivity index (χ2v) is 6.13. The summed E-state index contributed by atoms with van der Waals surface area (Å²) >= 11 is 0. The number of aryl methyl sites for hydroxylation is 1. The van der Waals surface area contributed by atoms with Crippen LogP contribution in [0.25, 0.3) is 0 Å². The van der Waals surface area contributed by atoms with Crippen molar-refractivity contribution in [2.45, 2.75) is 18.4 Å². The highest BCUT2D eigenvalue weighted by atomic mass is 32.2. The number of aromatic carboxylic acids is 1. The zero-order valence-electron chi connectivity index (χ0n) is 11.2. The number of rotatable bonds is 5. The molecule has 1 aromatic carbocycles. The van der Waals surface area contributed by atoms with E-state index in [2.05, 4.69) is 4.72 Å². The van der Waals surface area contributed by atoms with Gasteiger partial charge < -0.3 is 15.3 Å². The molecule has 0 atom stereocenters. The Bertz CT molecular complexity index is 780. The molecule has 0 amide bonds. The summed E-state index contributed by atoms with van der Waals surface area (Å²) in [5, 5.41) is 9.08. The van der Waals surface area contributed by atoms with Crippen LogP contribution < -0.4 is 10.5 Å². The molecule has 0 bridgehead atoms. The predicted octanol–water partition coefficient (Wildman–Crippen LogP) is 1.35. The molecule has 0 radical (unpaired) electrons. The van der Waals surface area contributed by atoms with E-state index in [0.29, 0.717) is 11.5 Å². The molecule has 0 aliphatic heterocycles. The van der Waals surface area contributed by atoms with Crippen LogP contribution in [0, 0.1) is 6.92 Å². The summed E-state index contributed by atoms with van der Waals surface area (Å²) in [6.45, 7) is 1.67. The van der Waals surface area contributed by atoms with E-state index in [0.717, 1.165) is 12.1 Å². The first-order valence-electron chi connectivity index (χ1n) is 5.97. The van der Waals surface area contributed by atoms with Crippen molar-refractivity contribution in [2.24, 2.45) is 0 Å². The Labute approximate surface area is 121 Å². The highest BCUT2D eigenvalue weighted by Gasteiger charge is 2.22. The summed E-state index contributed by atoms with van der Waals surface area (Å²) in [5.41, 5.74) is 5.28. The van der Waals surface area contributed by atoms with Crippen molar-refractivity contribution in [3.05, 3.63) is 47.4 Å². The normalized spacial score (nSPS) is 11.5. The molecule has 0 fully saturated rings. The van der Waals surface area contributed by atoms with Gasteiger partial charge in [0.2, 0.25) is 10.0 Å². The van der Waals surface area contributed by atoms with E-state index in [4.69, 9.17) is 15.3 Å². The van der Waals surface area contributed by atoms with E-state index in [9.17, 15) is 13.2 Å². The van der Waals surface area contributed by atoms with Crippen molar-refractivity contribution in [1.82, 2.24) is 4.72 Å². The van der Waals surface area contributed by atoms with Gasteiger partial charge in [0, 0.05) is 5.69 Å². The molecule has 2 rings (SSSR count). The topological polar surface area (TPSA) is 123 Å². The largest absolute Gasteiger partial charge is 0.478 e. The lowest BCUT2D eigenvalue weighted by molar-refractivity contribution is 0.0692. The number of furan rings is 1. The predicted molar refractivity (Wildman–Crippen MR) is 75.3 cm³/mol. The van der Waals surface area contributed by atoms with Gasteiger partial charge in [0.25, 0.3) is 0 Å². The Hall–Kier alpha value is -2.32. The number of carboxylic acids is 1. The molecule has 4 N–H and O–H groups in total. The van der Waals surface area contributed by atoms with Crippen LogP contribution in [0.4, 0.5) is 5.69 Å². The van der Waals surface area contributed by atoms with Gasteiger partial charge in [-0.25, -0.2) is 17.9 Å². The van der Waals surface area contributed by atoms with Crippen LogP contribution in [0.3, 0.4) is 0 Å². The molecule has 0 aliphatic rings. The van der Waals surface area contributed by atoms with Crippen LogP contribution in [0.2, 0.25) is 0 Å². The molecule has 7 nitrogen and oxygen atoms in total. The minimum absolute atomic E-state index is 0.0698. The molecule has 0 aliphatic carbocycles. The summed E-state index contributed by atoms with van der Waals surface area (Å²) in [6, 6.07) is 6.94. The van der Waals surface area contributed by atoms with Crippen LogP contribution >= 0.6 is 0 Å². The van der Waals surface area contributed by atoms with Crippen LogP contribution in [0.15, 0.2) is 39.6 Å². The smallest absolute Gasteiger partial charge is 0.337 e. The van der Waals surface area contributed by atoms with E-state index in [1.54, 1.807) is 19.1 Å². The summed E-state index contributed by atoms with van der Waals surface area (Å²) in [4.78, 5) is 10.8. The lowest BCUT2D eigenvalue weighted by atomic mass is 10.2. The Balaban J connectivity index is 2.29. The maximum Gasteiger partial charge on any atom is 0.337 e. The summed E-state index contributed by atoms with van der Waals surface area (Å²) in [5.74, 6) is -0.275. The van der Waals surface area contributed by atoms with Gasteiger partial charge in [-0.1, -0.05) is 0 Å². The maximum absolute atomic E-state index is 12.2. The first kappa shape index (κ1) is 15.1. The monoisotopic (exact) mass is 310 g/mol. The second kappa shape index (κ2) is 5.58. The third-order valence-corrected chi connectivity index (χ3v) is 4.22. The quantitative estimate of drug-likeness (QED) is 0.716. The summed E-state index contributed by atoms with van der Waals surface area (Å²) in [6.07, 6.45) is 0. The lowest BCUT2D eigenvalue weighted by Gasteiger charge is -2.09. The van der Waals surface area contributed by atoms with Gasteiger partial charge >= 0.3 is 5.97 Å². The van der Waals surface area contributed by atoms with Gasteiger partial charge in [-0.3, -0.25) is 0 Å². The fraction of sp³-hybridized carbons (Fsp3) is 0.154. The highest BCUT2D eigenvalue weighted by molar-refractivity contribution is 7.89. The van der Waals surface area contributed by atoms with Crippen molar-refractivity contribution in [3.8, 4) is 0 Å². The summed E-state index contributed by atoms with van der Waals surface area (Å²) in [7, 11) is -3.99. The van der Waals surface area contributed by atoms with Crippen LogP contribution in [0.5, 0.6) is 0 Å². The fourth-order valence-electron chi connectivity index (χ4n) is 1.77. The van der Waals surface area contributed by atoms with E-state index in [1.165, 1.54) is 6.07 Å². The number of benzene rings is 1. The van der Waals surface area contributed by atoms with E-state index in [-0.39, 0.29) is 22.7 Å². The molecule has 0 unspecified atom stereocenters. The molecular formula is C13H14N2O5S. The van der Waals surface area contributed by atoms with E-state index >= 15 is 0 Å². The minimum Gasteiger partial charge on any atom is -0.478 e. The first-order chi connectivity index (χ1) is 9.79. The van der Waals surface area contributed by atoms with Gasteiger partial charge in [-0.05, 0) is 37.3 Å². The fourth-order valence-corrected chi connectivity index (χ4v) is 2.94. The van der Waals surface area contributed by atoms with Crippen molar-refractivity contribution in [3.63, 3.8) is 0 Å². The van der Waals surface area contributed by atoms with Gasteiger partial charge in [-0.15, -0.1) is 0 Å². The molecule has 112 valence electrons. The minimum atomic E-state index is -3.99. The molecule has 0 saturated carbocycles. The highest BCUT2D eigenvalue weighted by Crippen LogP contribution is 2.19. The number of nitrogens with two attached hydrogens (primary N) is 1. The van der Waals surface area contributed by atoms with Crippen LogP contribution in [0.1, 0.15) is 21.9 Å². The Morgan fingerprint density at radius 3 is 2.62 bits per heavy atom. The van der Waals surface area contributed by atoms with Crippen molar-refractivity contribution < 1.29 is 22.7 Å². The standard InChI is InChI=1S/C13H14N2O5S/c1-8-2-4-10(20-8)7-15-21(18,19)12-5-3-9(14)6-11(12)13(16)17/h2-6,15H,7,14H2,1H3,(H,16,17). The molecular weight excluding hydrogens is 296 g/mol. The Kier molecular flexibility index (Phi) is 4.01. The van der Waals surface area contributed by atoms with E-state index in [1.807, 2.05) is 0 Å². The Morgan fingerprint density at radius 1 is 1.33 bits per heavy atom. The number of carboxylic acid groups (broad SMARTS) is 1. The lowest BCUT2D eigenvalue weighted by Crippen LogP contribution is -2.25. The van der Waals surface area contributed by atoms with Crippen LogP contribution in [-0.2, 0) is 16.6 Å². The van der Waals surface area contributed by atoms with Crippen molar-refractivity contribution >= 4 is 21.7 Å². The maximum atomic E-state index is 12.2. The molecule has 21 heavy (non-hydrogen) atoms. The average Bonchev–Trinajstić information content (AvgIpc) is 2.82.